The summed E-state index contributed by atoms with van der Waals surface area (Å²) in [6.07, 6.45) is 0. The number of rotatable bonds is 3. The minimum Gasteiger partial charge on any atom is -0.468 e. The van der Waals surface area contributed by atoms with E-state index in [2.05, 4.69) is 19.1 Å². The summed E-state index contributed by atoms with van der Waals surface area (Å²) in [5, 5.41) is 0. The Kier molecular flexibility index (Phi) is 3.09. The third-order valence-corrected chi connectivity index (χ3v) is 4.53. The van der Waals surface area contributed by atoms with Crippen LogP contribution in [0.5, 0.6) is 0 Å². The summed E-state index contributed by atoms with van der Waals surface area (Å²) in [6.45, 7) is 2.13. The average molecular weight is 266 g/mol. The average Bonchev–Trinajstić information content (AvgIpc) is 3.15. The molecule has 1 aliphatic carbocycles. The Morgan fingerprint density at radius 2 is 1.55 bits per heavy atom. The Balaban J connectivity index is 2.09. The molecule has 0 N–H and O–H groups in total. The normalized spacial score (nSPS) is 27.9. The molecule has 2 nitrogen and oxygen atoms in total. The van der Waals surface area contributed by atoms with Crippen LogP contribution in [0.4, 0.5) is 0 Å². The van der Waals surface area contributed by atoms with Crippen molar-refractivity contribution >= 4 is 5.97 Å². The largest absolute Gasteiger partial charge is 0.468 e. The molecule has 2 aromatic carbocycles. The highest BCUT2D eigenvalue weighted by Gasteiger charge is 2.69. The van der Waals surface area contributed by atoms with Crippen LogP contribution in [0, 0.1) is 5.92 Å². The van der Waals surface area contributed by atoms with Gasteiger partial charge in [-0.2, -0.15) is 0 Å². The summed E-state index contributed by atoms with van der Waals surface area (Å²) in [7, 11) is 1.47. The van der Waals surface area contributed by atoms with E-state index >= 15 is 0 Å². The first-order valence-corrected chi connectivity index (χ1v) is 6.91. The van der Waals surface area contributed by atoms with Gasteiger partial charge >= 0.3 is 5.97 Å². The van der Waals surface area contributed by atoms with Gasteiger partial charge in [0, 0.05) is 5.92 Å². The van der Waals surface area contributed by atoms with Crippen LogP contribution in [-0.2, 0) is 14.9 Å². The summed E-state index contributed by atoms with van der Waals surface area (Å²) in [6, 6.07) is 20.2. The highest BCUT2D eigenvalue weighted by molar-refractivity contribution is 5.90. The lowest BCUT2D eigenvalue weighted by Crippen LogP contribution is -2.25. The smallest absolute Gasteiger partial charge is 0.317 e. The molecule has 102 valence electrons. The van der Waals surface area contributed by atoms with E-state index in [0.717, 1.165) is 5.56 Å². The summed E-state index contributed by atoms with van der Waals surface area (Å²) in [5.41, 5.74) is 1.72. The first-order valence-electron chi connectivity index (χ1n) is 6.91. The van der Waals surface area contributed by atoms with Crippen molar-refractivity contribution in [3.05, 3.63) is 71.8 Å². The molecule has 1 fully saturated rings. The van der Waals surface area contributed by atoms with E-state index in [9.17, 15) is 4.79 Å². The Morgan fingerprint density at radius 3 is 2.10 bits per heavy atom. The van der Waals surface area contributed by atoms with Crippen molar-refractivity contribution in [1.29, 1.82) is 0 Å². The van der Waals surface area contributed by atoms with Gasteiger partial charge in [0.2, 0.25) is 0 Å². The van der Waals surface area contributed by atoms with Crippen molar-refractivity contribution < 1.29 is 9.53 Å². The van der Waals surface area contributed by atoms with Crippen LogP contribution in [-0.4, -0.2) is 13.1 Å². The van der Waals surface area contributed by atoms with Crippen molar-refractivity contribution in [2.45, 2.75) is 18.3 Å². The second-order valence-electron chi connectivity index (χ2n) is 5.40. The lowest BCUT2D eigenvalue weighted by atomic mass is 9.90. The standard InChI is InChI=1S/C18H18O2/c1-13-16(14-9-5-3-6-10-14)18(13,17(19)20-2)15-11-7-4-8-12-15/h3-13,16H,1-2H3/t13-,16-,18-/m1/s1. The first-order chi connectivity index (χ1) is 9.72. The van der Waals surface area contributed by atoms with Gasteiger partial charge in [0.05, 0.1) is 7.11 Å². The minimum absolute atomic E-state index is 0.134. The lowest BCUT2D eigenvalue weighted by molar-refractivity contribution is -0.144. The number of ether oxygens (including phenoxy) is 1. The molecular weight excluding hydrogens is 248 g/mol. The topological polar surface area (TPSA) is 26.3 Å². The van der Waals surface area contributed by atoms with Gasteiger partial charge in [-0.1, -0.05) is 67.6 Å². The molecule has 3 atom stereocenters. The van der Waals surface area contributed by atoms with Crippen molar-refractivity contribution in [2.75, 3.05) is 7.11 Å². The molecule has 2 aromatic rings. The van der Waals surface area contributed by atoms with Crippen LogP contribution in [0.15, 0.2) is 60.7 Å². The van der Waals surface area contributed by atoms with Gasteiger partial charge in [-0.25, -0.2) is 0 Å². The number of hydrogen-bond donors (Lipinski definition) is 0. The third-order valence-electron chi connectivity index (χ3n) is 4.53. The van der Waals surface area contributed by atoms with E-state index in [4.69, 9.17) is 4.74 Å². The fourth-order valence-corrected chi connectivity index (χ4v) is 3.53. The molecule has 0 aliphatic heterocycles. The molecule has 0 bridgehead atoms. The summed E-state index contributed by atoms with van der Waals surface area (Å²) in [5.74, 6) is 0.309. The molecule has 0 heterocycles. The molecule has 0 amide bonds. The summed E-state index contributed by atoms with van der Waals surface area (Å²) >= 11 is 0. The van der Waals surface area contributed by atoms with Gasteiger partial charge in [0.1, 0.15) is 5.41 Å². The Bertz CT molecular complexity index is 606. The van der Waals surface area contributed by atoms with Gasteiger partial charge in [0.15, 0.2) is 0 Å². The molecule has 20 heavy (non-hydrogen) atoms. The second-order valence-corrected chi connectivity index (χ2v) is 5.40. The van der Waals surface area contributed by atoms with Crippen LogP contribution in [0.25, 0.3) is 0 Å². The third kappa shape index (κ3) is 1.68. The van der Waals surface area contributed by atoms with Crippen molar-refractivity contribution in [2.24, 2.45) is 5.92 Å². The van der Waals surface area contributed by atoms with E-state index in [1.165, 1.54) is 12.7 Å². The maximum absolute atomic E-state index is 12.5. The molecule has 0 saturated heterocycles. The molecule has 1 saturated carbocycles. The Hall–Kier alpha value is -2.09. The van der Waals surface area contributed by atoms with Crippen LogP contribution < -0.4 is 0 Å². The fourth-order valence-electron chi connectivity index (χ4n) is 3.53. The van der Waals surface area contributed by atoms with Gasteiger partial charge < -0.3 is 4.74 Å². The van der Waals surface area contributed by atoms with E-state index in [0.29, 0.717) is 0 Å². The van der Waals surface area contributed by atoms with Crippen molar-refractivity contribution in [3.8, 4) is 0 Å². The van der Waals surface area contributed by atoms with Crippen LogP contribution in [0.3, 0.4) is 0 Å². The molecule has 0 aromatic heterocycles. The molecule has 1 aliphatic rings. The molecular formula is C18H18O2. The first kappa shape index (κ1) is 12.9. The molecule has 0 unspecified atom stereocenters. The van der Waals surface area contributed by atoms with Crippen LogP contribution >= 0.6 is 0 Å². The molecule has 0 spiro atoms. The maximum atomic E-state index is 12.5. The Labute approximate surface area is 119 Å². The van der Waals surface area contributed by atoms with Gasteiger partial charge in [-0.3, -0.25) is 4.79 Å². The highest BCUT2D eigenvalue weighted by atomic mass is 16.5. The zero-order valence-electron chi connectivity index (χ0n) is 11.7. The highest BCUT2D eigenvalue weighted by Crippen LogP contribution is 2.65. The second kappa shape index (κ2) is 4.78. The predicted octanol–water partition coefficient (Wildman–Crippen LogP) is 3.53. The van der Waals surface area contributed by atoms with E-state index < -0.39 is 5.41 Å². The lowest BCUT2D eigenvalue weighted by Gasteiger charge is -2.16. The van der Waals surface area contributed by atoms with Gasteiger partial charge in [-0.05, 0) is 17.0 Å². The number of methoxy groups -OCH3 is 1. The van der Waals surface area contributed by atoms with E-state index in [-0.39, 0.29) is 17.8 Å². The summed E-state index contributed by atoms with van der Waals surface area (Å²) < 4.78 is 5.12. The van der Waals surface area contributed by atoms with Crippen LogP contribution in [0.1, 0.15) is 24.0 Å². The van der Waals surface area contributed by atoms with Crippen LogP contribution in [0.2, 0.25) is 0 Å². The van der Waals surface area contributed by atoms with Gasteiger partial charge in [0.25, 0.3) is 0 Å². The fraction of sp³-hybridized carbons (Fsp3) is 0.278. The molecule has 3 rings (SSSR count). The SMILES string of the molecule is COC(=O)[C@@]1(c2ccccc2)[C@H](C)[C@@H]1c1ccccc1. The van der Waals surface area contributed by atoms with Crippen molar-refractivity contribution in [1.82, 2.24) is 0 Å². The summed E-state index contributed by atoms with van der Waals surface area (Å²) in [4.78, 5) is 12.5. The van der Waals surface area contributed by atoms with Gasteiger partial charge in [-0.15, -0.1) is 0 Å². The number of carbonyl (C=O) groups is 1. The Morgan fingerprint density at radius 1 is 1.00 bits per heavy atom. The number of benzene rings is 2. The maximum Gasteiger partial charge on any atom is 0.317 e. The molecule has 2 heteroatoms. The zero-order chi connectivity index (χ0) is 14.2. The number of carbonyl (C=O) groups excluding carboxylic acids is 1. The monoisotopic (exact) mass is 266 g/mol. The number of esters is 1. The predicted molar refractivity (Wildman–Crippen MR) is 78.5 cm³/mol. The quantitative estimate of drug-likeness (QED) is 0.794. The zero-order valence-corrected chi connectivity index (χ0v) is 11.7. The van der Waals surface area contributed by atoms with E-state index in [1.54, 1.807) is 0 Å². The van der Waals surface area contributed by atoms with Crippen molar-refractivity contribution in [3.63, 3.8) is 0 Å². The molecule has 0 radical (unpaired) electrons. The minimum atomic E-state index is -0.530. The van der Waals surface area contributed by atoms with E-state index in [1.807, 2.05) is 48.5 Å². The number of hydrogen-bond acceptors (Lipinski definition) is 2.